The van der Waals surface area contributed by atoms with E-state index in [1.54, 1.807) is 0 Å². The fourth-order valence-corrected chi connectivity index (χ4v) is 2.97. The number of morpholine rings is 1. The number of hydrogen-bond donors (Lipinski definition) is 1. The molecule has 0 bridgehead atoms. The molecule has 1 aliphatic heterocycles. The van der Waals surface area contributed by atoms with E-state index in [1.165, 1.54) is 12.7 Å². The summed E-state index contributed by atoms with van der Waals surface area (Å²) >= 11 is 0. The van der Waals surface area contributed by atoms with E-state index in [0.717, 1.165) is 32.5 Å². The van der Waals surface area contributed by atoms with Crippen molar-refractivity contribution >= 4 is 12.4 Å². The minimum Gasteiger partial charge on any atom is -0.483 e. The maximum absolute atomic E-state index is 11.2. The van der Waals surface area contributed by atoms with E-state index < -0.39 is 0 Å². The van der Waals surface area contributed by atoms with Gasteiger partial charge in [0, 0.05) is 19.5 Å². The summed E-state index contributed by atoms with van der Waals surface area (Å²) in [5.74, 6) is 0.383. The van der Waals surface area contributed by atoms with E-state index >= 15 is 0 Å². The van der Waals surface area contributed by atoms with Crippen LogP contribution in [0.5, 0.6) is 0 Å². The van der Waals surface area contributed by atoms with Gasteiger partial charge in [0.15, 0.2) is 0 Å². The number of rotatable bonds is 7. The van der Waals surface area contributed by atoms with E-state index in [2.05, 4.69) is 43.0 Å². The minimum absolute atomic E-state index is 0.116. The van der Waals surface area contributed by atoms with Gasteiger partial charge in [0.1, 0.15) is 0 Å². The Labute approximate surface area is 156 Å². The zero-order valence-corrected chi connectivity index (χ0v) is 16.0. The Balaban J connectivity index is 0.00000105. The second-order valence-corrected chi connectivity index (χ2v) is 6.72. The first-order chi connectivity index (χ1) is 12.5. The van der Waals surface area contributed by atoms with Crippen LogP contribution in [0.4, 0.5) is 0 Å². The van der Waals surface area contributed by atoms with Crippen LogP contribution in [-0.4, -0.2) is 55.3 Å². The third-order valence-corrected chi connectivity index (χ3v) is 4.45. The van der Waals surface area contributed by atoms with Crippen LogP contribution in [-0.2, 0) is 19.1 Å². The van der Waals surface area contributed by atoms with Gasteiger partial charge in [0.25, 0.3) is 6.47 Å². The predicted molar refractivity (Wildman–Crippen MR) is 99.9 cm³/mol. The van der Waals surface area contributed by atoms with E-state index in [0.29, 0.717) is 12.3 Å². The highest BCUT2D eigenvalue weighted by molar-refractivity contribution is 5.68. The molecular weight excluding hydrogens is 334 g/mol. The average Bonchev–Trinajstić information content (AvgIpc) is 2.66. The number of ether oxygens (including phenoxy) is 2. The number of esters is 1. The largest absolute Gasteiger partial charge is 0.483 e. The fourth-order valence-electron chi connectivity index (χ4n) is 2.97. The molecule has 6 heteroatoms. The van der Waals surface area contributed by atoms with Crippen LogP contribution in [0.15, 0.2) is 30.3 Å². The van der Waals surface area contributed by atoms with Gasteiger partial charge in [-0.05, 0) is 30.9 Å². The number of benzene rings is 1. The SMILES string of the molecule is COC(=O)CCCCN1C[C@@H](c2ccccc2)O[C@@H](C(C)C)C1.O=CO. The van der Waals surface area contributed by atoms with E-state index in [-0.39, 0.29) is 24.6 Å². The molecule has 1 aromatic rings. The smallest absolute Gasteiger partial charge is 0.305 e. The van der Waals surface area contributed by atoms with Gasteiger partial charge < -0.3 is 14.6 Å². The topological polar surface area (TPSA) is 76.1 Å². The molecule has 0 radical (unpaired) electrons. The molecule has 0 amide bonds. The lowest BCUT2D eigenvalue weighted by Crippen LogP contribution is -2.46. The standard InChI is InChI=1S/C19H29NO3.CH2O2/c1-15(2)17-13-20(12-8-7-11-19(21)22-3)14-18(23-17)16-9-5-4-6-10-16;2-1-3/h4-6,9-10,15,17-18H,7-8,11-14H2,1-3H3;1H,(H,2,3)/t17-,18+;/m1./s1. The maximum Gasteiger partial charge on any atom is 0.305 e. The van der Waals surface area contributed by atoms with Crippen LogP contribution in [0, 0.1) is 5.92 Å². The second kappa shape index (κ2) is 12.4. The van der Waals surface area contributed by atoms with Crippen LogP contribution in [0.1, 0.15) is 44.8 Å². The van der Waals surface area contributed by atoms with Gasteiger partial charge in [0.05, 0.1) is 19.3 Å². The van der Waals surface area contributed by atoms with Crippen LogP contribution in [0.3, 0.4) is 0 Å². The number of nitrogens with zero attached hydrogens (tertiary/aromatic N) is 1. The summed E-state index contributed by atoms with van der Waals surface area (Å²) in [6.07, 6.45) is 2.80. The van der Waals surface area contributed by atoms with Crippen molar-refractivity contribution in [2.24, 2.45) is 5.92 Å². The van der Waals surface area contributed by atoms with Gasteiger partial charge in [-0.3, -0.25) is 14.5 Å². The summed E-state index contributed by atoms with van der Waals surface area (Å²) in [4.78, 5) is 22.0. The Morgan fingerprint density at radius 2 is 1.96 bits per heavy atom. The summed E-state index contributed by atoms with van der Waals surface area (Å²) in [5.41, 5.74) is 1.25. The highest BCUT2D eigenvalue weighted by Crippen LogP contribution is 2.28. The molecule has 1 aromatic carbocycles. The number of carbonyl (C=O) groups excluding carboxylic acids is 1. The molecule has 26 heavy (non-hydrogen) atoms. The molecule has 1 aliphatic rings. The van der Waals surface area contributed by atoms with Gasteiger partial charge in [-0.2, -0.15) is 0 Å². The second-order valence-electron chi connectivity index (χ2n) is 6.72. The summed E-state index contributed by atoms with van der Waals surface area (Å²) < 4.78 is 11.0. The molecular formula is C20H31NO5. The van der Waals surface area contributed by atoms with Gasteiger partial charge in [-0.1, -0.05) is 44.2 Å². The summed E-state index contributed by atoms with van der Waals surface area (Å²) in [6, 6.07) is 10.5. The van der Waals surface area contributed by atoms with Crippen LogP contribution in [0.25, 0.3) is 0 Å². The monoisotopic (exact) mass is 365 g/mol. The first kappa shape index (κ1) is 22.1. The molecule has 0 aromatic heterocycles. The predicted octanol–water partition coefficient (Wildman–Crippen LogP) is 3.13. The van der Waals surface area contributed by atoms with Crippen LogP contribution >= 0.6 is 0 Å². The van der Waals surface area contributed by atoms with Crippen LogP contribution < -0.4 is 0 Å². The fraction of sp³-hybridized carbons (Fsp3) is 0.600. The van der Waals surface area contributed by atoms with Gasteiger partial charge in [-0.15, -0.1) is 0 Å². The molecule has 0 aliphatic carbocycles. The van der Waals surface area contributed by atoms with Crippen molar-refractivity contribution in [2.75, 3.05) is 26.7 Å². The Kier molecular flexibility index (Phi) is 10.6. The van der Waals surface area contributed by atoms with Crippen LogP contribution in [0.2, 0.25) is 0 Å². The Morgan fingerprint density at radius 1 is 1.31 bits per heavy atom. The Hall–Kier alpha value is -1.92. The maximum atomic E-state index is 11.2. The molecule has 1 saturated heterocycles. The molecule has 0 saturated carbocycles. The number of carboxylic acid groups (broad SMARTS) is 1. The first-order valence-electron chi connectivity index (χ1n) is 9.09. The van der Waals surface area contributed by atoms with Crippen molar-refractivity contribution < 1.29 is 24.2 Å². The highest BCUT2D eigenvalue weighted by Gasteiger charge is 2.30. The highest BCUT2D eigenvalue weighted by atomic mass is 16.5. The molecule has 0 unspecified atom stereocenters. The van der Waals surface area contributed by atoms with Crippen molar-refractivity contribution in [1.29, 1.82) is 0 Å². The van der Waals surface area contributed by atoms with E-state index in [4.69, 9.17) is 19.4 Å². The third-order valence-electron chi connectivity index (χ3n) is 4.45. The molecule has 146 valence electrons. The third kappa shape index (κ3) is 7.97. The number of methoxy groups -OCH3 is 1. The Morgan fingerprint density at radius 3 is 2.54 bits per heavy atom. The quantitative estimate of drug-likeness (QED) is 0.454. The normalized spacial score (nSPS) is 20.2. The van der Waals surface area contributed by atoms with Crippen molar-refractivity contribution in [3.8, 4) is 0 Å². The number of carbonyl (C=O) groups is 2. The van der Waals surface area contributed by atoms with Gasteiger partial charge in [0.2, 0.25) is 0 Å². The lowest BCUT2D eigenvalue weighted by molar-refractivity contribution is -0.140. The molecule has 0 spiro atoms. The molecule has 1 heterocycles. The summed E-state index contributed by atoms with van der Waals surface area (Å²) in [5, 5.41) is 6.89. The van der Waals surface area contributed by atoms with E-state index in [9.17, 15) is 4.79 Å². The molecule has 6 nitrogen and oxygen atoms in total. The molecule has 2 atom stereocenters. The molecule has 2 rings (SSSR count). The number of unbranched alkanes of at least 4 members (excludes halogenated alkanes) is 1. The van der Waals surface area contributed by atoms with Crippen molar-refractivity contribution in [1.82, 2.24) is 4.90 Å². The van der Waals surface area contributed by atoms with Crippen molar-refractivity contribution in [3.05, 3.63) is 35.9 Å². The van der Waals surface area contributed by atoms with Crippen molar-refractivity contribution in [3.63, 3.8) is 0 Å². The lowest BCUT2D eigenvalue weighted by atomic mass is 10.0. The van der Waals surface area contributed by atoms with Gasteiger partial charge in [-0.25, -0.2) is 0 Å². The van der Waals surface area contributed by atoms with Crippen molar-refractivity contribution in [2.45, 2.75) is 45.3 Å². The van der Waals surface area contributed by atoms with Gasteiger partial charge >= 0.3 is 5.97 Å². The molecule has 1 N–H and O–H groups in total. The number of hydrogen-bond acceptors (Lipinski definition) is 5. The Bertz CT molecular complexity index is 520. The zero-order valence-electron chi connectivity index (χ0n) is 16.0. The first-order valence-corrected chi connectivity index (χ1v) is 9.09. The summed E-state index contributed by atoms with van der Waals surface area (Å²) in [7, 11) is 1.45. The summed E-state index contributed by atoms with van der Waals surface area (Å²) in [6.45, 7) is 7.08. The zero-order chi connectivity index (χ0) is 19.4. The average molecular weight is 365 g/mol. The van der Waals surface area contributed by atoms with E-state index in [1.807, 2.05) is 6.07 Å². The molecule has 1 fully saturated rings. The lowest BCUT2D eigenvalue weighted by Gasteiger charge is -2.40. The minimum atomic E-state index is -0.250.